The fraction of sp³-hybridized carbons (Fsp3) is 0.214. The van der Waals surface area contributed by atoms with Gasteiger partial charge in [0.25, 0.3) is 5.56 Å². The fourth-order valence-electron chi connectivity index (χ4n) is 1.88. The first kappa shape index (κ1) is 15.6. The quantitative estimate of drug-likeness (QED) is 0.725. The van der Waals surface area contributed by atoms with E-state index in [0.29, 0.717) is 15.0 Å². The van der Waals surface area contributed by atoms with Crippen LogP contribution in [0.15, 0.2) is 33.4 Å². The summed E-state index contributed by atoms with van der Waals surface area (Å²) in [5.74, 6) is 0.0732. The number of aryl methyl sites for hydroxylation is 2. The topological polar surface area (TPSA) is 89.3 Å². The molecule has 1 aromatic carbocycles. The van der Waals surface area contributed by atoms with Crippen molar-refractivity contribution in [3.05, 3.63) is 45.9 Å². The highest BCUT2D eigenvalue weighted by atomic mass is 32.2. The van der Waals surface area contributed by atoms with Crippen LogP contribution in [0.3, 0.4) is 0 Å². The molecule has 0 spiro atoms. The zero-order chi connectivity index (χ0) is 16.4. The smallest absolute Gasteiger partial charge is 0.296 e. The van der Waals surface area contributed by atoms with E-state index in [4.69, 9.17) is 0 Å². The number of hydrogen-bond donors (Lipinski definition) is 1. The van der Waals surface area contributed by atoms with E-state index in [1.54, 1.807) is 6.92 Å². The summed E-state index contributed by atoms with van der Waals surface area (Å²) >= 11 is 2.49. The number of amides is 1. The number of rotatable bonds is 4. The van der Waals surface area contributed by atoms with Gasteiger partial charge in [0.2, 0.25) is 10.9 Å². The van der Waals surface area contributed by atoms with E-state index in [1.165, 1.54) is 27.6 Å². The number of anilines is 1. The van der Waals surface area contributed by atoms with Crippen LogP contribution in [0.5, 0.6) is 0 Å². The molecule has 0 aliphatic carbocycles. The van der Waals surface area contributed by atoms with E-state index in [-0.39, 0.29) is 17.2 Å². The van der Waals surface area contributed by atoms with Crippen molar-refractivity contribution >= 4 is 39.7 Å². The van der Waals surface area contributed by atoms with Gasteiger partial charge in [0, 0.05) is 5.69 Å². The third-order valence-corrected chi connectivity index (χ3v) is 4.99. The van der Waals surface area contributed by atoms with E-state index < -0.39 is 0 Å². The van der Waals surface area contributed by atoms with Crippen molar-refractivity contribution in [1.82, 2.24) is 19.8 Å². The monoisotopic (exact) mass is 347 g/mol. The molecule has 0 atom stereocenters. The molecule has 23 heavy (non-hydrogen) atoms. The number of hydrogen-bond acceptors (Lipinski definition) is 7. The standard InChI is InChI=1S/C14H13N5O2S2/c1-8-4-3-5-10(6-8)15-11(20)7-22-14-18-19-12(21)9(2)16-17-13(19)23-14/h3-6H,7H2,1-2H3,(H,15,20). The highest BCUT2D eigenvalue weighted by Gasteiger charge is 2.11. The van der Waals surface area contributed by atoms with Crippen molar-refractivity contribution in [3.63, 3.8) is 0 Å². The molecule has 2 aromatic heterocycles. The van der Waals surface area contributed by atoms with E-state index in [0.717, 1.165) is 11.3 Å². The van der Waals surface area contributed by atoms with Gasteiger partial charge in [-0.1, -0.05) is 35.2 Å². The SMILES string of the molecule is Cc1cccc(NC(=O)CSc2nn3c(=O)c(C)nnc3s2)c1. The van der Waals surface area contributed by atoms with Gasteiger partial charge in [-0.25, -0.2) is 0 Å². The molecule has 0 saturated carbocycles. The predicted octanol–water partition coefficient (Wildman–Crippen LogP) is 1.89. The van der Waals surface area contributed by atoms with E-state index in [9.17, 15) is 9.59 Å². The summed E-state index contributed by atoms with van der Waals surface area (Å²) in [5.41, 5.74) is 1.84. The Kier molecular flexibility index (Phi) is 4.39. The van der Waals surface area contributed by atoms with Gasteiger partial charge in [-0.05, 0) is 31.5 Å². The minimum Gasteiger partial charge on any atom is -0.325 e. The lowest BCUT2D eigenvalue weighted by Gasteiger charge is -2.04. The Hall–Kier alpha value is -2.26. The summed E-state index contributed by atoms with van der Waals surface area (Å²) < 4.78 is 1.81. The molecule has 2 heterocycles. The van der Waals surface area contributed by atoms with Gasteiger partial charge in [0.1, 0.15) is 5.69 Å². The number of carbonyl (C=O) groups excluding carboxylic acids is 1. The molecule has 1 amide bonds. The zero-order valence-corrected chi connectivity index (χ0v) is 14.1. The fourth-order valence-corrected chi connectivity index (χ4v) is 3.55. The molecule has 0 unspecified atom stereocenters. The van der Waals surface area contributed by atoms with Crippen LogP contribution < -0.4 is 10.9 Å². The summed E-state index contributed by atoms with van der Waals surface area (Å²) in [6, 6.07) is 7.59. The minimum absolute atomic E-state index is 0.130. The first-order valence-electron chi connectivity index (χ1n) is 6.75. The van der Waals surface area contributed by atoms with Gasteiger partial charge in [0.05, 0.1) is 5.75 Å². The Morgan fingerprint density at radius 3 is 2.96 bits per heavy atom. The number of aromatic nitrogens is 4. The van der Waals surface area contributed by atoms with Gasteiger partial charge in [0.15, 0.2) is 4.34 Å². The Morgan fingerprint density at radius 1 is 1.35 bits per heavy atom. The maximum absolute atomic E-state index is 12.0. The van der Waals surface area contributed by atoms with Crippen LogP contribution in [0.4, 0.5) is 5.69 Å². The molecule has 0 radical (unpaired) electrons. The zero-order valence-electron chi connectivity index (χ0n) is 12.4. The summed E-state index contributed by atoms with van der Waals surface area (Å²) in [7, 11) is 0. The van der Waals surface area contributed by atoms with Crippen molar-refractivity contribution in [1.29, 1.82) is 0 Å². The second-order valence-corrected chi connectivity index (χ2v) is 7.04. The molecule has 0 aliphatic heterocycles. The molecule has 7 nitrogen and oxygen atoms in total. The number of benzene rings is 1. The molecular weight excluding hydrogens is 334 g/mol. The van der Waals surface area contributed by atoms with Crippen LogP contribution in [0.2, 0.25) is 0 Å². The number of carbonyl (C=O) groups is 1. The third kappa shape index (κ3) is 3.57. The van der Waals surface area contributed by atoms with Crippen LogP contribution in [0, 0.1) is 13.8 Å². The minimum atomic E-state index is -0.290. The van der Waals surface area contributed by atoms with Gasteiger partial charge < -0.3 is 5.32 Å². The van der Waals surface area contributed by atoms with Crippen molar-refractivity contribution < 1.29 is 4.79 Å². The summed E-state index contributed by atoms with van der Waals surface area (Å²) in [4.78, 5) is 24.3. The van der Waals surface area contributed by atoms with Crippen molar-refractivity contribution in [2.45, 2.75) is 18.2 Å². The molecule has 9 heteroatoms. The molecule has 3 rings (SSSR count). The van der Waals surface area contributed by atoms with Crippen molar-refractivity contribution in [3.8, 4) is 0 Å². The number of thioether (sulfide) groups is 1. The summed E-state index contributed by atoms with van der Waals surface area (Å²) in [6.45, 7) is 3.55. The average Bonchev–Trinajstić information content (AvgIpc) is 2.93. The van der Waals surface area contributed by atoms with Gasteiger partial charge in [-0.2, -0.15) is 4.52 Å². The number of nitrogens with zero attached hydrogens (tertiary/aromatic N) is 4. The highest BCUT2D eigenvalue weighted by molar-refractivity contribution is 8.01. The average molecular weight is 347 g/mol. The first-order valence-corrected chi connectivity index (χ1v) is 8.55. The van der Waals surface area contributed by atoms with Gasteiger partial charge in [-0.15, -0.1) is 15.3 Å². The lowest BCUT2D eigenvalue weighted by Crippen LogP contribution is -2.19. The Morgan fingerprint density at radius 2 is 2.17 bits per heavy atom. The van der Waals surface area contributed by atoms with Gasteiger partial charge in [-0.3, -0.25) is 9.59 Å². The Labute approximate surface area is 139 Å². The molecule has 0 bridgehead atoms. The molecule has 3 aromatic rings. The van der Waals surface area contributed by atoms with Crippen LogP contribution in [-0.2, 0) is 4.79 Å². The predicted molar refractivity (Wildman–Crippen MR) is 90.2 cm³/mol. The molecule has 118 valence electrons. The van der Waals surface area contributed by atoms with Crippen LogP contribution in [-0.4, -0.2) is 31.5 Å². The number of fused-ring (bicyclic) bond motifs is 1. The van der Waals surface area contributed by atoms with Crippen LogP contribution in [0.1, 0.15) is 11.3 Å². The summed E-state index contributed by atoms with van der Waals surface area (Å²) in [6.07, 6.45) is 0. The second kappa shape index (κ2) is 6.47. The molecule has 0 fully saturated rings. The first-order chi connectivity index (χ1) is 11.0. The number of nitrogens with one attached hydrogen (secondary N) is 1. The van der Waals surface area contributed by atoms with Crippen LogP contribution >= 0.6 is 23.1 Å². The third-order valence-electron chi connectivity index (χ3n) is 2.96. The maximum Gasteiger partial charge on any atom is 0.296 e. The largest absolute Gasteiger partial charge is 0.325 e. The van der Waals surface area contributed by atoms with E-state index in [1.807, 2.05) is 31.2 Å². The molecular formula is C14H13N5O2S2. The second-order valence-electron chi connectivity index (χ2n) is 4.86. The lowest BCUT2D eigenvalue weighted by atomic mass is 10.2. The normalized spacial score (nSPS) is 10.9. The Bertz CT molecular complexity index is 934. The molecule has 1 N–H and O–H groups in total. The van der Waals surface area contributed by atoms with Crippen molar-refractivity contribution in [2.75, 3.05) is 11.1 Å². The van der Waals surface area contributed by atoms with E-state index >= 15 is 0 Å². The van der Waals surface area contributed by atoms with E-state index in [2.05, 4.69) is 20.6 Å². The molecule has 0 aliphatic rings. The molecule has 0 saturated heterocycles. The summed E-state index contributed by atoms with van der Waals surface area (Å²) in [5, 5.41) is 14.7. The van der Waals surface area contributed by atoms with Gasteiger partial charge >= 0.3 is 0 Å². The van der Waals surface area contributed by atoms with Crippen molar-refractivity contribution in [2.24, 2.45) is 0 Å². The lowest BCUT2D eigenvalue weighted by molar-refractivity contribution is -0.113. The van der Waals surface area contributed by atoms with Crippen LogP contribution in [0.25, 0.3) is 4.96 Å². The Balaban J connectivity index is 1.67. The maximum atomic E-state index is 12.0. The highest BCUT2D eigenvalue weighted by Crippen LogP contribution is 2.23.